The Morgan fingerprint density at radius 2 is 2.14 bits per heavy atom. The average molecular weight is 355 g/mol. The predicted octanol–water partition coefficient (Wildman–Crippen LogP) is 3.11. The van der Waals surface area contributed by atoms with E-state index in [1.807, 2.05) is 6.07 Å². The van der Waals surface area contributed by atoms with Crippen LogP contribution < -0.4 is 5.32 Å². The number of likely N-dealkylation sites (N-methyl/N-ethyl adjacent to an activating group) is 1. The Kier molecular flexibility index (Phi) is 6.21. The minimum atomic E-state index is -0.895. The van der Waals surface area contributed by atoms with Crippen LogP contribution in [0, 0.1) is 0 Å². The van der Waals surface area contributed by atoms with E-state index in [9.17, 15) is 4.79 Å². The molecule has 0 saturated heterocycles. The first-order valence-corrected chi connectivity index (χ1v) is 8.30. The second-order valence-corrected chi connectivity index (χ2v) is 6.56. The second kappa shape index (κ2) is 7.92. The summed E-state index contributed by atoms with van der Waals surface area (Å²) in [5.74, 6) is -0.895. The van der Waals surface area contributed by atoms with Crippen molar-refractivity contribution in [2.75, 3.05) is 20.1 Å². The van der Waals surface area contributed by atoms with Crippen molar-refractivity contribution in [1.82, 2.24) is 10.2 Å². The molecule has 1 aliphatic rings. The fourth-order valence-electron chi connectivity index (χ4n) is 2.83. The minimum absolute atomic E-state index is 0.312. The Hall–Kier alpha value is -0.910. The maximum atomic E-state index is 10.9. The number of nitrogens with one attached hydrogen (secondary N) is 1. The van der Waals surface area contributed by atoms with Crippen molar-refractivity contribution in [1.29, 1.82) is 0 Å². The first-order valence-electron chi connectivity index (χ1n) is 7.50. The molecule has 0 aliphatic heterocycles. The van der Waals surface area contributed by atoms with Crippen LogP contribution in [0.1, 0.15) is 41.6 Å². The summed E-state index contributed by atoms with van der Waals surface area (Å²) in [5.41, 5.74) is 1.40. The summed E-state index contributed by atoms with van der Waals surface area (Å²) in [6.45, 7) is 2.74. The van der Waals surface area contributed by atoms with E-state index in [0.717, 1.165) is 35.7 Å². The molecule has 1 saturated carbocycles. The largest absolute Gasteiger partial charge is 0.478 e. The highest BCUT2D eigenvalue weighted by atomic mass is 79.9. The molecule has 21 heavy (non-hydrogen) atoms. The third-order valence-electron chi connectivity index (χ3n) is 4.20. The molecule has 0 bridgehead atoms. The molecule has 5 heteroatoms. The van der Waals surface area contributed by atoms with Gasteiger partial charge >= 0.3 is 5.97 Å². The van der Waals surface area contributed by atoms with E-state index in [-0.39, 0.29) is 0 Å². The Bertz CT molecular complexity index is 487. The highest BCUT2D eigenvalue weighted by molar-refractivity contribution is 9.10. The van der Waals surface area contributed by atoms with Gasteiger partial charge in [-0.1, -0.05) is 34.8 Å². The fourth-order valence-corrected chi connectivity index (χ4v) is 3.35. The lowest BCUT2D eigenvalue weighted by molar-refractivity contribution is 0.0697. The van der Waals surface area contributed by atoms with Gasteiger partial charge in [-0.05, 0) is 37.6 Å². The van der Waals surface area contributed by atoms with Crippen LogP contribution in [-0.2, 0) is 6.54 Å². The van der Waals surface area contributed by atoms with E-state index in [2.05, 4.69) is 33.2 Å². The van der Waals surface area contributed by atoms with Gasteiger partial charge in [0.15, 0.2) is 0 Å². The van der Waals surface area contributed by atoms with Gasteiger partial charge in [0.25, 0.3) is 0 Å². The summed E-state index contributed by atoms with van der Waals surface area (Å²) in [6.07, 6.45) is 5.40. The third kappa shape index (κ3) is 4.80. The molecule has 0 atom stereocenters. The number of hydrogen-bond acceptors (Lipinski definition) is 3. The van der Waals surface area contributed by atoms with E-state index in [0.29, 0.717) is 5.56 Å². The van der Waals surface area contributed by atoms with E-state index in [1.54, 1.807) is 12.1 Å². The lowest BCUT2D eigenvalue weighted by Gasteiger charge is -2.24. The van der Waals surface area contributed by atoms with Crippen molar-refractivity contribution < 1.29 is 9.90 Å². The van der Waals surface area contributed by atoms with Gasteiger partial charge < -0.3 is 15.3 Å². The van der Waals surface area contributed by atoms with E-state index in [4.69, 9.17) is 5.11 Å². The van der Waals surface area contributed by atoms with Gasteiger partial charge in [-0.3, -0.25) is 0 Å². The Balaban J connectivity index is 1.74. The number of hydrogen-bond donors (Lipinski definition) is 2. The van der Waals surface area contributed by atoms with Crippen LogP contribution >= 0.6 is 15.9 Å². The molecule has 116 valence electrons. The molecule has 2 rings (SSSR count). The summed E-state index contributed by atoms with van der Waals surface area (Å²) in [7, 11) is 2.20. The maximum Gasteiger partial charge on any atom is 0.335 e. The molecular formula is C16H23BrN2O2. The van der Waals surface area contributed by atoms with Gasteiger partial charge in [0.1, 0.15) is 0 Å². The topological polar surface area (TPSA) is 52.6 Å². The molecular weight excluding hydrogens is 332 g/mol. The van der Waals surface area contributed by atoms with Gasteiger partial charge in [-0.15, -0.1) is 0 Å². The number of nitrogens with zero attached hydrogens (tertiary/aromatic N) is 1. The fraction of sp³-hybridized carbons (Fsp3) is 0.562. The van der Waals surface area contributed by atoms with Crippen LogP contribution in [0.3, 0.4) is 0 Å². The van der Waals surface area contributed by atoms with Crippen molar-refractivity contribution in [2.45, 2.75) is 38.3 Å². The van der Waals surface area contributed by atoms with Gasteiger partial charge in [0.05, 0.1) is 5.56 Å². The number of aromatic carboxylic acids is 1. The van der Waals surface area contributed by atoms with Crippen molar-refractivity contribution in [3.63, 3.8) is 0 Å². The first-order chi connectivity index (χ1) is 10.1. The van der Waals surface area contributed by atoms with Gasteiger partial charge in [0.2, 0.25) is 0 Å². The van der Waals surface area contributed by atoms with Crippen LogP contribution in [0.25, 0.3) is 0 Å². The Labute approximate surface area is 134 Å². The molecule has 2 N–H and O–H groups in total. The summed E-state index contributed by atoms with van der Waals surface area (Å²) in [6, 6.07) is 5.92. The maximum absolute atomic E-state index is 10.9. The predicted molar refractivity (Wildman–Crippen MR) is 87.7 cm³/mol. The van der Waals surface area contributed by atoms with E-state index in [1.165, 1.54) is 25.7 Å². The molecule has 1 fully saturated rings. The molecule has 4 nitrogen and oxygen atoms in total. The number of carboxylic acids is 1. The van der Waals surface area contributed by atoms with E-state index < -0.39 is 5.97 Å². The Morgan fingerprint density at radius 1 is 1.43 bits per heavy atom. The number of carbonyl (C=O) groups is 1. The normalized spacial score (nSPS) is 15.8. The van der Waals surface area contributed by atoms with Crippen LogP contribution in [0.4, 0.5) is 0 Å². The number of benzene rings is 1. The molecule has 1 aromatic rings. The smallest absolute Gasteiger partial charge is 0.335 e. The van der Waals surface area contributed by atoms with E-state index >= 15 is 0 Å². The molecule has 0 radical (unpaired) electrons. The monoisotopic (exact) mass is 354 g/mol. The zero-order valence-corrected chi connectivity index (χ0v) is 14.0. The van der Waals surface area contributed by atoms with Crippen molar-refractivity contribution in [3.8, 4) is 0 Å². The molecule has 0 unspecified atom stereocenters. The van der Waals surface area contributed by atoms with Gasteiger partial charge in [-0.25, -0.2) is 4.79 Å². The van der Waals surface area contributed by atoms with Crippen LogP contribution in [0.5, 0.6) is 0 Å². The standard InChI is InChI=1S/C16H23BrN2O2/c1-19(14-4-2-3-5-14)9-8-18-11-13-7-6-12(16(20)21)10-15(13)17/h6-7,10,14,18H,2-5,8-9,11H2,1H3,(H,20,21). The zero-order valence-electron chi connectivity index (χ0n) is 12.4. The summed E-state index contributed by atoms with van der Waals surface area (Å²) in [5, 5.41) is 12.4. The molecule has 0 heterocycles. The average Bonchev–Trinajstić information content (AvgIpc) is 2.98. The molecule has 1 aliphatic carbocycles. The van der Waals surface area contributed by atoms with Crippen LogP contribution in [-0.4, -0.2) is 42.2 Å². The lowest BCUT2D eigenvalue weighted by Crippen LogP contribution is -2.35. The van der Waals surface area contributed by atoms with Crippen molar-refractivity contribution in [3.05, 3.63) is 33.8 Å². The molecule has 1 aromatic carbocycles. The SMILES string of the molecule is CN(CCNCc1ccc(C(=O)O)cc1Br)C1CCCC1. The minimum Gasteiger partial charge on any atom is -0.478 e. The van der Waals surface area contributed by atoms with Crippen LogP contribution in [0.2, 0.25) is 0 Å². The Morgan fingerprint density at radius 3 is 2.76 bits per heavy atom. The van der Waals surface area contributed by atoms with Crippen molar-refractivity contribution >= 4 is 21.9 Å². The summed E-state index contributed by atoms with van der Waals surface area (Å²) in [4.78, 5) is 13.3. The highest BCUT2D eigenvalue weighted by Gasteiger charge is 2.18. The van der Waals surface area contributed by atoms with Gasteiger partial charge in [0, 0.05) is 30.1 Å². The first kappa shape index (κ1) is 16.5. The number of halogens is 1. The lowest BCUT2D eigenvalue weighted by atomic mass is 10.1. The molecule has 0 aromatic heterocycles. The van der Waals surface area contributed by atoms with Crippen molar-refractivity contribution in [2.24, 2.45) is 0 Å². The third-order valence-corrected chi connectivity index (χ3v) is 4.94. The number of carboxylic acid groups (broad SMARTS) is 1. The summed E-state index contributed by atoms with van der Waals surface area (Å²) < 4.78 is 0.846. The number of rotatable bonds is 7. The summed E-state index contributed by atoms with van der Waals surface area (Å²) >= 11 is 3.44. The van der Waals surface area contributed by atoms with Crippen LogP contribution in [0.15, 0.2) is 22.7 Å². The molecule has 0 amide bonds. The molecule has 0 spiro atoms. The quantitative estimate of drug-likeness (QED) is 0.738. The zero-order chi connectivity index (χ0) is 15.2. The van der Waals surface area contributed by atoms with Gasteiger partial charge in [-0.2, -0.15) is 0 Å². The highest BCUT2D eigenvalue weighted by Crippen LogP contribution is 2.22. The second-order valence-electron chi connectivity index (χ2n) is 5.71.